The quantitative estimate of drug-likeness (QED) is 0.193. The minimum Gasteiger partial charge on any atom is -0.478 e. The van der Waals surface area contributed by atoms with E-state index in [9.17, 15) is 4.79 Å². The Balaban J connectivity index is 0.000000273. The molecule has 0 radical (unpaired) electrons. The maximum atomic E-state index is 10.7. The van der Waals surface area contributed by atoms with E-state index in [1.165, 1.54) is 99.3 Å². The first-order valence-corrected chi connectivity index (χ1v) is 15.0. The van der Waals surface area contributed by atoms with Crippen molar-refractivity contribution in [2.75, 3.05) is 0 Å². The third kappa shape index (κ3) is 13.1. The number of unbranched alkanes of at least 4 members (excludes halogenated alkanes) is 8. The Morgan fingerprint density at radius 3 is 1.76 bits per heavy atom. The van der Waals surface area contributed by atoms with Crippen molar-refractivity contribution in [1.29, 1.82) is 0 Å². The van der Waals surface area contributed by atoms with E-state index in [1.54, 1.807) is 12.1 Å². The number of carboxylic acid groups (broad SMARTS) is 1. The van der Waals surface area contributed by atoms with Crippen molar-refractivity contribution in [3.63, 3.8) is 0 Å². The van der Waals surface area contributed by atoms with Crippen molar-refractivity contribution < 1.29 is 9.90 Å². The van der Waals surface area contributed by atoms with E-state index in [2.05, 4.69) is 75.4 Å². The van der Waals surface area contributed by atoms with Crippen LogP contribution in [0.3, 0.4) is 0 Å². The van der Waals surface area contributed by atoms with E-state index in [-0.39, 0.29) is 0 Å². The molecule has 0 aliphatic rings. The second-order valence-electron chi connectivity index (χ2n) is 10.7. The first-order valence-electron chi connectivity index (χ1n) is 15.0. The summed E-state index contributed by atoms with van der Waals surface area (Å²) in [7, 11) is 0. The Morgan fingerprint density at radius 2 is 1.16 bits per heavy atom. The lowest BCUT2D eigenvalue weighted by atomic mass is 9.94. The highest BCUT2D eigenvalue weighted by Gasteiger charge is 2.05. The molecule has 0 fully saturated rings. The van der Waals surface area contributed by atoms with Crippen molar-refractivity contribution in [3.05, 3.63) is 95.6 Å². The fraction of sp³-hybridized carbons (Fsp3) is 0.472. The number of hydrogen-bond acceptors (Lipinski definition) is 1. The van der Waals surface area contributed by atoms with Gasteiger partial charge in [-0.2, -0.15) is 0 Å². The number of aryl methyl sites for hydroxylation is 1. The minimum absolute atomic E-state index is 0.372. The second kappa shape index (κ2) is 19.2. The molecule has 0 saturated carbocycles. The lowest BCUT2D eigenvalue weighted by molar-refractivity contribution is 0.0697. The highest BCUT2D eigenvalue weighted by atomic mass is 16.4. The molecule has 1 unspecified atom stereocenters. The molecule has 3 aromatic rings. The van der Waals surface area contributed by atoms with Crippen LogP contribution in [0.4, 0.5) is 0 Å². The lowest BCUT2D eigenvalue weighted by Gasteiger charge is -2.12. The largest absolute Gasteiger partial charge is 0.478 e. The van der Waals surface area contributed by atoms with Gasteiger partial charge in [0.2, 0.25) is 0 Å². The summed E-state index contributed by atoms with van der Waals surface area (Å²) in [6.45, 7) is 6.89. The zero-order chi connectivity index (χ0) is 27.4. The predicted octanol–water partition coefficient (Wildman–Crippen LogP) is 10.8. The predicted molar refractivity (Wildman–Crippen MR) is 164 cm³/mol. The van der Waals surface area contributed by atoms with Crippen LogP contribution in [0.1, 0.15) is 113 Å². The van der Waals surface area contributed by atoms with Crippen LogP contribution in [0.15, 0.2) is 78.9 Å². The van der Waals surface area contributed by atoms with Crippen LogP contribution in [-0.4, -0.2) is 11.1 Å². The number of carboxylic acids is 1. The van der Waals surface area contributed by atoms with E-state index in [4.69, 9.17) is 5.11 Å². The number of aromatic carboxylic acids is 1. The van der Waals surface area contributed by atoms with Gasteiger partial charge in [-0.25, -0.2) is 4.79 Å². The molecule has 38 heavy (non-hydrogen) atoms. The molecule has 0 aromatic heterocycles. The van der Waals surface area contributed by atoms with Crippen molar-refractivity contribution >= 4 is 5.97 Å². The molecule has 1 atom stereocenters. The van der Waals surface area contributed by atoms with Crippen LogP contribution in [0.5, 0.6) is 0 Å². The summed E-state index contributed by atoms with van der Waals surface area (Å²) >= 11 is 0. The maximum Gasteiger partial charge on any atom is 0.335 e. The first-order chi connectivity index (χ1) is 18.5. The zero-order valence-corrected chi connectivity index (χ0v) is 24.1. The van der Waals surface area contributed by atoms with Gasteiger partial charge in [0.1, 0.15) is 0 Å². The van der Waals surface area contributed by atoms with Gasteiger partial charge in [0.15, 0.2) is 0 Å². The topological polar surface area (TPSA) is 37.3 Å². The van der Waals surface area contributed by atoms with Gasteiger partial charge in [-0.15, -0.1) is 0 Å². The van der Waals surface area contributed by atoms with Crippen molar-refractivity contribution in [3.8, 4) is 11.1 Å². The van der Waals surface area contributed by atoms with Crippen LogP contribution < -0.4 is 0 Å². The highest BCUT2D eigenvalue weighted by molar-refractivity contribution is 5.87. The van der Waals surface area contributed by atoms with Gasteiger partial charge in [0, 0.05) is 0 Å². The van der Waals surface area contributed by atoms with Crippen molar-refractivity contribution in [2.24, 2.45) is 5.92 Å². The summed E-state index contributed by atoms with van der Waals surface area (Å²) in [6.07, 6.45) is 16.9. The molecule has 0 spiro atoms. The number of carbonyl (C=O) groups is 1. The Morgan fingerprint density at radius 1 is 0.632 bits per heavy atom. The van der Waals surface area contributed by atoms with E-state index in [1.807, 2.05) is 12.1 Å². The Labute approximate surface area is 232 Å². The monoisotopic (exact) mass is 514 g/mol. The third-order valence-electron chi connectivity index (χ3n) is 7.22. The molecular formula is C36H50O2. The summed E-state index contributed by atoms with van der Waals surface area (Å²) < 4.78 is 0. The molecule has 0 bridgehead atoms. The molecule has 206 valence electrons. The molecular weight excluding hydrogens is 464 g/mol. The third-order valence-corrected chi connectivity index (χ3v) is 7.22. The van der Waals surface area contributed by atoms with Crippen LogP contribution in [0.2, 0.25) is 0 Å². The fourth-order valence-electron chi connectivity index (χ4n) is 4.81. The first kappa shape index (κ1) is 31.3. The smallest absolute Gasteiger partial charge is 0.335 e. The van der Waals surface area contributed by atoms with Crippen LogP contribution in [0.25, 0.3) is 11.1 Å². The number of rotatable bonds is 16. The van der Waals surface area contributed by atoms with E-state index >= 15 is 0 Å². The zero-order valence-electron chi connectivity index (χ0n) is 24.1. The van der Waals surface area contributed by atoms with Gasteiger partial charge in [-0.05, 0) is 59.6 Å². The molecule has 0 saturated heterocycles. The van der Waals surface area contributed by atoms with Gasteiger partial charge in [-0.3, -0.25) is 0 Å². The Bertz CT molecular complexity index is 990. The van der Waals surface area contributed by atoms with E-state index in [0.717, 1.165) is 12.3 Å². The SMILES string of the molecule is CCCCCCC(C)Cc1ccc(-c2ccccc2)cc1.CCCCCCCCc1ccc(C(=O)O)cc1. The molecule has 1 N–H and O–H groups in total. The van der Waals surface area contributed by atoms with Gasteiger partial charge in [0.05, 0.1) is 5.56 Å². The molecule has 0 aliphatic carbocycles. The summed E-state index contributed by atoms with van der Waals surface area (Å²) in [5.74, 6) is -0.0550. The van der Waals surface area contributed by atoms with Gasteiger partial charge < -0.3 is 5.11 Å². The summed E-state index contributed by atoms with van der Waals surface area (Å²) in [5, 5.41) is 8.77. The summed E-state index contributed by atoms with van der Waals surface area (Å²) in [5.41, 5.74) is 5.70. The summed E-state index contributed by atoms with van der Waals surface area (Å²) in [4.78, 5) is 10.7. The van der Waals surface area contributed by atoms with E-state index < -0.39 is 5.97 Å². The molecule has 0 amide bonds. The Kier molecular flexibility index (Phi) is 15.9. The average molecular weight is 515 g/mol. The van der Waals surface area contributed by atoms with Crippen molar-refractivity contribution in [2.45, 2.75) is 104 Å². The van der Waals surface area contributed by atoms with Crippen LogP contribution >= 0.6 is 0 Å². The normalized spacial score (nSPS) is 11.4. The van der Waals surface area contributed by atoms with E-state index in [0.29, 0.717) is 5.56 Å². The second-order valence-corrected chi connectivity index (χ2v) is 10.7. The number of benzene rings is 3. The summed E-state index contributed by atoms with van der Waals surface area (Å²) in [6, 6.07) is 26.9. The Hall–Kier alpha value is -2.87. The minimum atomic E-state index is -0.851. The van der Waals surface area contributed by atoms with Gasteiger partial charge in [0.25, 0.3) is 0 Å². The fourth-order valence-corrected chi connectivity index (χ4v) is 4.81. The van der Waals surface area contributed by atoms with Gasteiger partial charge in [-0.1, -0.05) is 152 Å². The molecule has 0 heterocycles. The molecule has 3 rings (SSSR count). The molecule has 2 heteroatoms. The van der Waals surface area contributed by atoms with Crippen LogP contribution in [0, 0.1) is 5.92 Å². The standard InChI is InChI=1S/C21H28.C15H22O2/c1-3-4-5-7-10-18(2)17-19-13-15-21(16-14-19)20-11-8-6-9-12-20;1-2-3-4-5-6-7-8-13-9-11-14(12-10-13)15(16)17/h6,8-9,11-16,18H,3-5,7,10,17H2,1-2H3;9-12H,2-8H2,1H3,(H,16,17). The average Bonchev–Trinajstić information content (AvgIpc) is 2.94. The lowest BCUT2D eigenvalue weighted by Crippen LogP contribution is -1.99. The number of hydrogen-bond donors (Lipinski definition) is 1. The highest BCUT2D eigenvalue weighted by Crippen LogP contribution is 2.21. The maximum absolute atomic E-state index is 10.7. The van der Waals surface area contributed by atoms with Gasteiger partial charge >= 0.3 is 5.97 Å². The van der Waals surface area contributed by atoms with Crippen LogP contribution in [-0.2, 0) is 12.8 Å². The van der Waals surface area contributed by atoms with Crippen molar-refractivity contribution in [1.82, 2.24) is 0 Å². The molecule has 2 nitrogen and oxygen atoms in total. The molecule has 0 aliphatic heterocycles. The molecule has 3 aromatic carbocycles.